The van der Waals surface area contributed by atoms with Crippen LogP contribution in [-0.4, -0.2) is 30.0 Å². The lowest BCUT2D eigenvalue weighted by Crippen LogP contribution is -2.38. The number of aromatic amines is 1. The molecule has 1 aliphatic heterocycles. The average molecular weight is 207 g/mol. The van der Waals surface area contributed by atoms with Gasteiger partial charge in [0.1, 0.15) is 5.56 Å². The van der Waals surface area contributed by atoms with Crippen LogP contribution in [0.1, 0.15) is 16.8 Å². The molecule has 1 aromatic rings. The molecule has 1 atom stereocenters. The number of nitrogens with one attached hydrogen (secondary N) is 3. The third kappa shape index (κ3) is 2.24. The number of rotatable bonds is 2. The van der Waals surface area contributed by atoms with E-state index in [-0.39, 0.29) is 22.9 Å². The Morgan fingerprint density at radius 2 is 2.40 bits per heavy atom. The number of carbonyl (C=O) groups excluding carboxylic acids is 1. The van der Waals surface area contributed by atoms with E-state index in [4.69, 9.17) is 0 Å². The van der Waals surface area contributed by atoms with Crippen molar-refractivity contribution in [2.75, 3.05) is 13.1 Å². The molecule has 0 radical (unpaired) electrons. The summed E-state index contributed by atoms with van der Waals surface area (Å²) in [5.74, 6) is -0.300. The van der Waals surface area contributed by atoms with Gasteiger partial charge in [0, 0.05) is 31.0 Å². The molecule has 1 amide bonds. The topological polar surface area (TPSA) is 74.0 Å². The molecule has 1 aliphatic rings. The van der Waals surface area contributed by atoms with Gasteiger partial charge in [-0.25, -0.2) is 0 Å². The van der Waals surface area contributed by atoms with Crippen molar-refractivity contribution in [3.05, 3.63) is 34.2 Å². The summed E-state index contributed by atoms with van der Waals surface area (Å²) >= 11 is 0. The van der Waals surface area contributed by atoms with Gasteiger partial charge in [-0.15, -0.1) is 0 Å². The van der Waals surface area contributed by atoms with Crippen LogP contribution in [-0.2, 0) is 0 Å². The Morgan fingerprint density at radius 1 is 1.53 bits per heavy atom. The summed E-state index contributed by atoms with van der Waals surface area (Å²) in [5, 5.41) is 5.96. The molecule has 0 bridgehead atoms. The maximum atomic E-state index is 11.7. The van der Waals surface area contributed by atoms with Crippen LogP contribution in [0.3, 0.4) is 0 Å². The molecule has 0 saturated carbocycles. The first-order chi connectivity index (χ1) is 7.27. The zero-order valence-corrected chi connectivity index (χ0v) is 8.25. The van der Waals surface area contributed by atoms with Gasteiger partial charge in [-0.05, 0) is 13.0 Å². The SMILES string of the molecule is O=C(N[C@@H]1CCNC1)c1c[nH]ccc1=O. The standard InChI is InChI=1S/C10H13N3O2/c14-9-2-4-12-6-8(9)10(15)13-7-1-3-11-5-7/h2,4,6-7,11H,1,3,5H2,(H,12,14)(H,13,15)/t7-/m1/s1. The van der Waals surface area contributed by atoms with Gasteiger partial charge in [0.25, 0.3) is 5.91 Å². The summed E-state index contributed by atoms with van der Waals surface area (Å²) in [6, 6.07) is 1.49. The number of hydrogen-bond donors (Lipinski definition) is 3. The Hall–Kier alpha value is -1.62. The molecular formula is C10H13N3O2. The molecule has 1 saturated heterocycles. The highest BCUT2D eigenvalue weighted by Gasteiger charge is 2.18. The molecule has 1 aromatic heterocycles. The predicted octanol–water partition coefficient (Wildman–Crippen LogP) is -0.533. The minimum absolute atomic E-state index is 0.136. The lowest BCUT2D eigenvalue weighted by atomic mass is 10.2. The normalized spacial score (nSPS) is 20.1. The number of aromatic nitrogens is 1. The van der Waals surface area contributed by atoms with Crippen LogP contribution in [0.2, 0.25) is 0 Å². The fourth-order valence-corrected chi connectivity index (χ4v) is 1.63. The minimum atomic E-state index is -0.300. The van der Waals surface area contributed by atoms with E-state index in [0.717, 1.165) is 19.5 Å². The van der Waals surface area contributed by atoms with E-state index in [0.29, 0.717) is 0 Å². The van der Waals surface area contributed by atoms with E-state index in [1.54, 1.807) is 0 Å². The van der Waals surface area contributed by atoms with Crippen molar-refractivity contribution in [3.8, 4) is 0 Å². The summed E-state index contributed by atoms with van der Waals surface area (Å²) in [5.41, 5.74) is -0.0818. The Bertz CT molecular complexity index is 407. The summed E-state index contributed by atoms with van der Waals surface area (Å²) in [6.07, 6.45) is 3.85. The fraction of sp³-hybridized carbons (Fsp3) is 0.400. The van der Waals surface area contributed by atoms with Gasteiger partial charge in [0.2, 0.25) is 0 Å². The molecule has 1 fully saturated rings. The van der Waals surface area contributed by atoms with Crippen LogP contribution >= 0.6 is 0 Å². The van der Waals surface area contributed by atoms with E-state index >= 15 is 0 Å². The van der Waals surface area contributed by atoms with Crippen molar-refractivity contribution in [1.29, 1.82) is 0 Å². The molecule has 3 N–H and O–H groups in total. The molecule has 2 heterocycles. The highest BCUT2D eigenvalue weighted by molar-refractivity contribution is 5.93. The lowest BCUT2D eigenvalue weighted by Gasteiger charge is -2.10. The second kappa shape index (κ2) is 4.27. The van der Waals surface area contributed by atoms with Crippen molar-refractivity contribution in [2.24, 2.45) is 0 Å². The van der Waals surface area contributed by atoms with Crippen LogP contribution < -0.4 is 16.1 Å². The monoisotopic (exact) mass is 207 g/mol. The molecule has 0 aliphatic carbocycles. The quantitative estimate of drug-likeness (QED) is 0.610. The van der Waals surface area contributed by atoms with E-state index in [1.807, 2.05) is 0 Å². The lowest BCUT2D eigenvalue weighted by molar-refractivity contribution is 0.0938. The third-order valence-electron chi connectivity index (χ3n) is 2.46. The molecule has 80 valence electrons. The van der Waals surface area contributed by atoms with E-state index in [2.05, 4.69) is 15.6 Å². The van der Waals surface area contributed by atoms with Crippen molar-refractivity contribution in [2.45, 2.75) is 12.5 Å². The first-order valence-electron chi connectivity index (χ1n) is 4.96. The summed E-state index contributed by atoms with van der Waals surface area (Å²) in [6.45, 7) is 1.69. The first-order valence-corrected chi connectivity index (χ1v) is 4.96. The molecule has 0 spiro atoms. The van der Waals surface area contributed by atoms with Crippen LogP contribution in [0.5, 0.6) is 0 Å². The summed E-state index contributed by atoms with van der Waals surface area (Å²) in [7, 11) is 0. The highest BCUT2D eigenvalue weighted by Crippen LogP contribution is 1.98. The highest BCUT2D eigenvalue weighted by atomic mass is 16.2. The van der Waals surface area contributed by atoms with Gasteiger partial charge < -0.3 is 15.6 Å². The Balaban J connectivity index is 2.07. The third-order valence-corrected chi connectivity index (χ3v) is 2.46. The predicted molar refractivity (Wildman–Crippen MR) is 55.8 cm³/mol. The summed E-state index contributed by atoms with van der Waals surface area (Å²) in [4.78, 5) is 25.7. The van der Waals surface area contributed by atoms with Crippen molar-refractivity contribution < 1.29 is 4.79 Å². The number of amides is 1. The van der Waals surface area contributed by atoms with Crippen LogP contribution in [0.4, 0.5) is 0 Å². The molecular weight excluding hydrogens is 194 g/mol. The second-order valence-corrected chi connectivity index (χ2v) is 3.59. The van der Waals surface area contributed by atoms with Crippen LogP contribution in [0.15, 0.2) is 23.3 Å². The number of pyridine rings is 1. The van der Waals surface area contributed by atoms with Gasteiger partial charge in [-0.3, -0.25) is 9.59 Å². The Kier molecular flexibility index (Phi) is 2.82. The Morgan fingerprint density at radius 3 is 3.07 bits per heavy atom. The van der Waals surface area contributed by atoms with Crippen molar-refractivity contribution in [3.63, 3.8) is 0 Å². The van der Waals surface area contributed by atoms with Crippen LogP contribution in [0.25, 0.3) is 0 Å². The van der Waals surface area contributed by atoms with E-state index in [9.17, 15) is 9.59 Å². The van der Waals surface area contributed by atoms with Gasteiger partial charge >= 0.3 is 0 Å². The van der Waals surface area contributed by atoms with E-state index < -0.39 is 0 Å². The van der Waals surface area contributed by atoms with Crippen LogP contribution in [0, 0.1) is 0 Å². The smallest absolute Gasteiger partial charge is 0.257 e. The minimum Gasteiger partial charge on any atom is -0.367 e. The van der Waals surface area contributed by atoms with Gasteiger partial charge in [-0.2, -0.15) is 0 Å². The molecule has 0 unspecified atom stereocenters. The van der Waals surface area contributed by atoms with Crippen molar-refractivity contribution >= 4 is 5.91 Å². The molecule has 15 heavy (non-hydrogen) atoms. The van der Waals surface area contributed by atoms with Gasteiger partial charge in [0.05, 0.1) is 0 Å². The van der Waals surface area contributed by atoms with E-state index in [1.165, 1.54) is 18.5 Å². The second-order valence-electron chi connectivity index (χ2n) is 3.59. The maximum absolute atomic E-state index is 11.7. The maximum Gasteiger partial charge on any atom is 0.257 e. The molecule has 5 nitrogen and oxygen atoms in total. The average Bonchev–Trinajstić information content (AvgIpc) is 2.71. The van der Waals surface area contributed by atoms with Gasteiger partial charge in [0.15, 0.2) is 5.43 Å². The molecule has 0 aromatic carbocycles. The zero-order valence-electron chi connectivity index (χ0n) is 8.25. The number of hydrogen-bond acceptors (Lipinski definition) is 3. The molecule has 5 heteroatoms. The van der Waals surface area contributed by atoms with Crippen molar-refractivity contribution in [1.82, 2.24) is 15.6 Å². The molecule has 2 rings (SSSR count). The number of H-pyrrole nitrogens is 1. The first kappa shape index (κ1) is 9.92. The largest absolute Gasteiger partial charge is 0.367 e. The summed E-state index contributed by atoms with van der Waals surface area (Å²) < 4.78 is 0. The van der Waals surface area contributed by atoms with Gasteiger partial charge in [-0.1, -0.05) is 0 Å². The Labute approximate surface area is 86.9 Å². The fourth-order valence-electron chi connectivity index (χ4n) is 1.63. The zero-order chi connectivity index (χ0) is 10.7. The number of carbonyl (C=O) groups is 1.